The number of carbonyl (C=O) groups is 2. The molecule has 0 saturated carbocycles. The lowest BCUT2D eigenvalue weighted by molar-refractivity contribution is -0.147. The fourth-order valence-corrected chi connectivity index (χ4v) is 7.19. The Morgan fingerprint density at radius 3 is 2.42 bits per heavy atom. The minimum Gasteiger partial charge on any atom is -0.481 e. The number of carboxylic acid groups (broad SMARTS) is 1. The van der Waals surface area contributed by atoms with E-state index >= 15 is 0 Å². The van der Waals surface area contributed by atoms with Crippen molar-refractivity contribution >= 4 is 40.7 Å². The predicted octanol–water partition coefficient (Wildman–Crippen LogP) is 5.29. The van der Waals surface area contributed by atoms with Gasteiger partial charge in [0.2, 0.25) is 11.8 Å². The van der Waals surface area contributed by atoms with E-state index in [2.05, 4.69) is 15.6 Å². The summed E-state index contributed by atoms with van der Waals surface area (Å²) >= 11 is 14.1. The molecule has 13 heteroatoms. The summed E-state index contributed by atoms with van der Waals surface area (Å²) in [5.41, 5.74) is 6.05. The van der Waals surface area contributed by atoms with E-state index in [-0.39, 0.29) is 23.4 Å². The third-order valence-electron chi connectivity index (χ3n) is 9.28. The van der Waals surface area contributed by atoms with Crippen LogP contribution in [0.15, 0.2) is 77.9 Å². The highest BCUT2D eigenvalue weighted by Crippen LogP contribution is 2.42. The van der Waals surface area contributed by atoms with Gasteiger partial charge >= 0.3 is 5.97 Å². The molecule has 2 aromatic carbocycles. The molecule has 50 heavy (non-hydrogen) atoms. The lowest BCUT2D eigenvalue weighted by atomic mass is 9.97. The molecule has 1 atom stereocenters. The summed E-state index contributed by atoms with van der Waals surface area (Å²) in [7, 11) is 1.56. The van der Waals surface area contributed by atoms with Gasteiger partial charge in [-0.1, -0.05) is 65.7 Å². The van der Waals surface area contributed by atoms with E-state index in [4.69, 9.17) is 32.9 Å². The summed E-state index contributed by atoms with van der Waals surface area (Å²) < 4.78 is 7.13. The van der Waals surface area contributed by atoms with Gasteiger partial charge in [-0.25, -0.2) is 9.97 Å². The molecule has 2 fully saturated rings. The normalized spacial score (nSPS) is 16.4. The number of nitrogens with zero attached hydrogens (tertiary/aromatic N) is 4. The maximum absolute atomic E-state index is 13.2. The van der Waals surface area contributed by atoms with Crippen LogP contribution in [0.25, 0.3) is 39.2 Å². The van der Waals surface area contributed by atoms with E-state index in [1.54, 1.807) is 19.5 Å². The number of hydrogen-bond donors (Lipinski definition) is 3. The number of nitrogens with one attached hydrogen (secondary N) is 2. The number of benzene rings is 2. The summed E-state index contributed by atoms with van der Waals surface area (Å²) in [6.45, 7) is 2.45. The molecule has 0 spiro atoms. The molecule has 256 valence electrons. The first-order valence-corrected chi connectivity index (χ1v) is 17.0. The van der Waals surface area contributed by atoms with Crippen molar-refractivity contribution in [3.8, 4) is 39.4 Å². The zero-order valence-electron chi connectivity index (χ0n) is 27.2. The van der Waals surface area contributed by atoms with Gasteiger partial charge in [0, 0.05) is 91.0 Å². The number of aromatic nitrogens is 3. The number of pyridine rings is 2. The van der Waals surface area contributed by atoms with Gasteiger partial charge in [0.25, 0.3) is 5.56 Å². The largest absolute Gasteiger partial charge is 0.481 e. The maximum atomic E-state index is 13.2. The highest BCUT2D eigenvalue weighted by Gasteiger charge is 2.33. The number of ether oxygens (including phenoxy) is 1. The summed E-state index contributed by atoms with van der Waals surface area (Å²) in [5, 5.41) is 16.3. The van der Waals surface area contributed by atoms with Crippen molar-refractivity contribution < 1.29 is 19.4 Å². The topological polar surface area (TPSA) is 138 Å². The minimum atomic E-state index is -0.778. The van der Waals surface area contributed by atoms with E-state index in [0.29, 0.717) is 77.5 Å². The number of likely N-dealkylation sites (tertiary alicyclic amines) is 1. The van der Waals surface area contributed by atoms with Crippen molar-refractivity contribution in [2.45, 2.75) is 32.0 Å². The first-order chi connectivity index (χ1) is 24.2. The van der Waals surface area contributed by atoms with Gasteiger partial charge in [0.05, 0.1) is 28.8 Å². The van der Waals surface area contributed by atoms with Gasteiger partial charge in [-0.2, -0.15) is 0 Å². The second kappa shape index (κ2) is 14.2. The van der Waals surface area contributed by atoms with Crippen molar-refractivity contribution in [2.24, 2.45) is 5.92 Å². The smallest absolute Gasteiger partial charge is 0.309 e. The summed E-state index contributed by atoms with van der Waals surface area (Å²) in [4.78, 5) is 47.3. The Morgan fingerprint density at radius 1 is 1.00 bits per heavy atom. The Balaban J connectivity index is 1.12. The molecular formula is C37H34Cl2N6O5. The zero-order valence-corrected chi connectivity index (χ0v) is 28.7. The molecule has 2 aliphatic heterocycles. The molecule has 3 N–H and O–H groups in total. The molecule has 11 nitrogen and oxygen atoms in total. The number of amides is 1. The van der Waals surface area contributed by atoms with Crippen molar-refractivity contribution in [3.05, 3.63) is 105 Å². The van der Waals surface area contributed by atoms with Crippen molar-refractivity contribution in [1.29, 1.82) is 0 Å². The molecule has 1 unspecified atom stereocenters. The monoisotopic (exact) mass is 712 g/mol. The fourth-order valence-electron chi connectivity index (χ4n) is 6.53. The Morgan fingerprint density at radius 2 is 1.72 bits per heavy atom. The van der Waals surface area contributed by atoms with E-state index in [0.717, 1.165) is 34.2 Å². The van der Waals surface area contributed by atoms with Gasteiger partial charge in [0.1, 0.15) is 5.65 Å². The van der Waals surface area contributed by atoms with E-state index in [1.807, 2.05) is 65.6 Å². The molecule has 5 heterocycles. The first-order valence-electron chi connectivity index (χ1n) is 16.3. The molecule has 2 saturated heterocycles. The van der Waals surface area contributed by atoms with Crippen LogP contribution >= 0.6 is 23.2 Å². The number of carbonyl (C=O) groups excluding carboxylic acids is 1. The summed E-state index contributed by atoms with van der Waals surface area (Å²) in [6, 6.07) is 19.0. The van der Waals surface area contributed by atoms with Crippen LogP contribution in [0, 0.1) is 5.92 Å². The second-order valence-electron chi connectivity index (χ2n) is 12.6. The van der Waals surface area contributed by atoms with E-state index in [9.17, 15) is 19.5 Å². The average Bonchev–Trinajstić information content (AvgIpc) is 3.51. The zero-order chi connectivity index (χ0) is 34.9. The standard InChI is InChI=1S/C37H34Cl2N6O5/c1-50-35-22(18-44-19-24(20-44)37(48)49)8-10-30(43-35)29-7-3-6-28(34(29)39)27-5-2-4-26(33(27)38)21-12-13-45-31(14-21)41-16-23(36(45)47)15-40-17-25-9-11-32(46)42-25/h2-8,10,12-14,16,24-25,40H,9,11,15,17-20H2,1H3,(H,42,46)(H,48,49). The fraction of sp³-hybridized carbons (Fsp3) is 0.270. The van der Waals surface area contributed by atoms with Crippen LogP contribution < -0.4 is 20.9 Å². The highest BCUT2D eigenvalue weighted by atomic mass is 35.5. The SMILES string of the molecule is COc1nc(-c2cccc(-c3cccc(-c4ccn5c(=O)c(CNCC6CCC(=O)N6)cnc5c4)c3Cl)c2Cl)ccc1CN1CC(C(=O)O)C1. The van der Waals surface area contributed by atoms with Gasteiger partial charge in [0.15, 0.2) is 0 Å². The van der Waals surface area contributed by atoms with Crippen LogP contribution in [0.3, 0.4) is 0 Å². The number of methoxy groups -OCH3 is 1. The molecule has 0 radical (unpaired) electrons. The molecule has 3 aromatic heterocycles. The van der Waals surface area contributed by atoms with E-state index in [1.165, 1.54) is 4.40 Å². The molecule has 0 aliphatic carbocycles. The van der Waals surface area contributed by atoms with Gasteiger partial charge in [-0.05, 0) is 30.2 Å². The minimum absolute atomic E-state index is 0.0566. The molecule has 5 aromatic rings. The molecule has 2 aliphatic rings. The Bertz CT molecular complexity index is 2180. The number of hydrogen-bond acceptors (Lipinski definition) is 8. The Hall–Kier alpha value is -4.81. The molecule has 0 bridgehead atoms. The molecule has 1 amide bonds. The van der Waals surface area contributed by atoms with Crippen LogP contribution in [0.4, 0.5) is 0 Å². The third kappa shape index (κ3) is 6.69. The predicted molar refractivity (Wildman–Crippen MR) is 191 cm³/mol. The second-order valence-corrected chi connectivity index (χ2v) is 13.4. The lowest BCUT2D eigenvalue weighted by Crippen LogP contribution is -2.49. The van der Waals surface area contributed by atoms with Crippen LogP contribution in [-0.2, 0) is 22.7 Å². The van der Waals surface area contributed by atoms with Crippen LogP contribution in [0.5, 0.6) is 5.88 Å². The number of rotatable bonds is 11. The Kier molecular flexibility index (Phi) is 9.56. The molecular weight excluding hydrogens is 679 g/mol. The lowest BCUT2D eigenvalue weighted by Gasteiger charge is -2.36. The van der Waals surface area contributed by atoms with E-state index < -0.39 is 5.97 Å². The Labute approximate surface area is 297 Å². The van der Waals surface area contributed by atoms with Crippen molar-refractivity contribution in [2.75, 3.05) is 26.7 Å². The van der Waals surface area contributed by atoms with Gasteiger partial charge in [-0.15, -0.1) is 0 Å². The number of carboxylic acids is 1. The van der Waals surface area contributed by atoms with Crippen LogP contribution in [0.1, 0.15) is 24.0 Å². The highest BCUT2D eigenvalue weighted by molar-refractivity contribution is 6.39. The number of fused-ring (bicyclic) bond motifs is 1. The number of halogens is 2. The number of aliphatic carboxylic acids is 1. The van der Waals surface area contributed by atoms with Gasteiger partial charge < -0.3 is 20.5 Å². The van der Waals surface area contributed by atoms with Gasteiger partial charge in [-0.3, -0.25) is 23.7 Å². The average molecular weight is 714 g/mol. The first kappa shape index (κ1) is 33.7. The molecule has 7 rings (SSSR count). The van der Waals surface area contributed by atoms with Crippen LogP contribution in [-0.4, -0.2) is 69.0 Å². The third-order valence-corrected chi connectivity index (χ3v) is 10.1. The van der Waals surface area contributed by atoms with Crippen molar-refractivity contribution in [3.63, 3.8) is 0 Å². The maximum Gasteiger partial charge on any atom is 0.309 e. The summed E-state index contributed by atoms with van der Waals surface area (Å²) in [6.07, 6.45) is 4.60. The quantitative estimate of drug-likeness (QED) is 0.167. The van der Waals surface area contributed by atoms with Crippen LogP contribution in [0.2, 0.25) is 10.0 Å². The van der Waals surface area contributed by atoms with Crippen molar-refractivity contribution in [1.82, 2.24) is 29.9 Å². The summed E-state index contributed by atoms with van der Waals surface area (Å²) in [5.74, 6) is -0.612.